The van der Waals surface area contributed by atoms with Crippen molar-refractivity contribution >= 4 is 5.97 Å². The molecule has 0 unspecified atom stereocenters. The van der Waals surface area contributed by atoms with Crippen LogP contribution in [0, 0.1) is 6.61 Å². The topological polar surface area (TPSA) is 35.5 Å². The summed E-state index contributed by atoms with van der Waals surface area (Å²) in [5, 5.41) is 0. The average Bonchev–Trinajstić information content (AvgIpc) is 1.69. The van der Waals surface area contributed by atoms with E-state index < -0.39 is 5.97 Å². The zero-order valence-electron chi connectivity index (χ0n) is 3.46. The molecule has 3 heteroatoms. The Balaban J connectivity index is 2.47. The van der Waals surface area contributed by atoms with Crippen LogP contribution < -0.4 is 0 Å². The molecule has 0 spiro atoms. The summed E-state index contributed by atoms with van der Waals surface area (Å²) in [5.74, 6) is -0.470. The van der Waals surface area contributed by atoms with Gasteiger partial charge in [0.2, 0.25) is 6.61 Å². The minimum atomic E-state index is -0.470. The van der Waals surface area contributed by atoms with E-state index in [0.717, 1.165) is 6.61 Å². The van der Waals surface area contributed by atoms with Crippen molar-refractivity contribution in [2.75, 3.05) is 0 Å². The van der Waals surface area contributed by atoms with Crippen LogP contribution in [0.5, 0.6) is 0 Å². The van der Waals surface area contributed by atoms with Crippen LogP contribution in [0.1, 0.15) is 0 Å². The third kappa shape index (κ3) is 0.924. The summed E-state index contributed by atoms with van der Waals surface area (Å²) < 4.78 is 8.68. The second-order valence-corrected chi connectivity index (χ2v) is 0.963. The highest BCUT2D eigenvalue weighted by molar-refractivity contribution is 5.78. The maximum Gasteiger partial charge on any atom is 0.356 e. The molecule has 0 aromatic heterocycles. The van der Waals surface area contributed by atoms with Gasteiger partial charge in [0.15, 0.2) is 0 Å². The van der Waals surface area contributed by atoms with Gasteiger partial charge in [-0.3, -0.25) is 0 Å². The number of hydrogen-bond donors (Lipinski definition) is 0. The van der Waals surface area contributed by atoms with Crippen LogP contribution in [0.15, 0.2) is 12.5 Å². The van der Waals surface area contributed by atoms with Crippen molar-refractivity contribution in [3.05, 3.63) is 19.1 Å². The highest BCUT2D eigenvalue weighted by Crippen LogP contribution is 1.95. The zero-order chi connectivity index (χ0) is 5.11. The second kappa shape index (κ2) is 1.64. The van der Waals surface area contributed by atoms with E-state index in [0.29, 0.717) is 0 Å². The highest BCUT2D eigenvalue weighted by atomic mass is 16.6. The molecule has 0 aliphatic carbocycles. The smallest absolute Gasteiger partial charge is 0.356 e. The molecule has 0 aromatic rings. The van der Waals surface area contributed by atoms with Gasteiger partial charge in [0.1, 0.15) is 12.5 Å². The predicted molar refractivity (Wildman–Crippen MR) is 20.6 cm³/mol. The van der Waals surface area contributed by atoms with Crippen molar-refractivity contribution in [2.45, 2.75) is 0 Å². The summed E-state index contributed by atoms with van der Waals surface area (Å²) in [4.78, 5) is 10.0. The molecule has 0 saturated carbocycles. The van der Waals surface area contributed by atoms with Gasteiger partial charge >= 0.3 is 5.97 Å². The molecule has 0 N–H and O–H groups in total. The molecule has 0 bridgehead atoms. The fourth-order valence-electron chi connectivity index (χ4n) is 0.250. The number of carbonyl (C=O) groups excluding carboxylic acids is 1. The molecule has 0 atom stereocenters. The first-order valence-corrected chi connectivity index (χ1v) is 1.74. The fourth-order valence-corrected chi connectivity index (χ4v) is 0.250. The van der Waals surface area contributed by atoms with Gasteiger partial charge in [-0.2, -0.15) is 0 Å². The van der Waals surface area contributed by atoms with Crippen LogP contribution in [0.4, 0.5) is 0 Å². The lowest BCUT2D eigenvalue weighted by Gasteiger charge is -2.01. The summed E-state index contributed by atoms with van der Waals surface area (Å²) in [7, 11) is 0. The average molecular weight is 99.1 g/mol. The van der Waals surface area contributed by atoms with Gasteiger partial charge in [-0.25, -0.2) is 4.79 Å². The van der Waals surface area contributed by atoms with Crippen LogP contribution in [-0.2, 0) is 14.3 Å². The number of hydrogen-bond acceptors (Lipinski definition) is 3. The number of carbonyl (C=O) groups is 1. The highest BCUT2D eigenvalue weighted by Gasteiger charge is 2.03. The molecule has 1 aliphatic rings. The van der Waals surface area contributed by atoms with Crippen LogP contribution in [0.2, 0.25) is 0 Å². The summed E-state index contributed by atoms with van der Waals surface area (Å²) in [6, 6.07) is 0. The molecule has 1 heterocycles. The lowest BCUT2D eigenvalue weighted by molar-refractivity contribution is -0.139. The Labute approximate surface area is 40.5 Å². The molecular weight excluding hydrogens is 96.0 g/mol. The van der Waals surface area contributed by atoms with E-state index in [1.807, 2.05) is 0 Å². The molecule has 1 aliphatic heterocycles. The van der Waals surface area contributed by atoms with Crippen molar-refractivity contribution < 1.29 is 14.3 Å². The largest absolute Gasteiger partial charge is 0.478 e. The lowest BCUT2D eigenvalue weighted by Crippen LogP contribution is -2.04. The van der Waals surface area contributed by atoms with Gasteiger partial charge in [-0.15, -0.1) is 0 Å². The van der Waals surface area contributed by atoms with Crippen LogP contribution in [0.25, 0.3) is 0 Å². The minimum absolute atomic E-state index is 0.470. The van der Waals surface area contributed by atoms with Crippen LogP contribution in [-0.4, -0.2) is 5.97 Å². The Morgan fingerprint density at radius 1 is 1.43 bits per heavy atom. The predicted octanol–water partition coefficient (Wildman–Crippen LogP) is 0.193. The van der Waals surface area contributed by atoms with E-state index in [2.05, 4.69) is 9.47 Å². The Bertz CT molecular complexity index is 106. The first-order chi connectivity index (χ1) is 3.39. The van der Waals surface area contributed by atoms with Crippen molar-refractivity contribution in [2.24, 2.45) is 0 Å². The van der Waals surface area contributed by atoms with Gasteiger partial charge in [0.05, 0.1) is 0 Å². The number of ether oxygens (including phenoxy) is 2. The quantitative estimate of drug-likeness (QED) is 0.407. The van der Waals surface area contributed by atoms with Crippen LogP contribution in [0.3, 0.4) is 0 Å². The number of esters is 1. The monoisotopic (exact) mass is 99.0 g/mol. The van der Waals surface area contributed by atoms with E-state index >= 15 is 0 Å². The molecule has 0 amide bonds. The van der Waals surface area contributed by atoms with E-state index in [9.17, 15) is 4.79 Å². The van der Waals surface area contributed by atoms with Crippen LogP contribution >= 0.6 is 0 Å². The van der Waals surface area contributed by atoms with Crippen molar-refractivity contribution in [3.8, 4) is 0 Å². The number of rotatable bonds is 0. The molecule has 7 heavy (non-hydrogen) atoms. The normalized spacial score (nSPS) is 18.0. The lowest BCUT2D eigenvalue weighted by atomic mass is 10.7. The molecule has 37 valence electrons. The standard InChI is InChI=1S/C4H3O3/c5-4-3-6-1-2-7-4/h1-3H. The maximum absolute atomic E-state index is 10.0. The first-order valence-electron chi connectivity index (χ1n) is 1.74. The van der Waals surface area contributed by atoms with E-state index in [1.165, 1.54) is 12.5 Å². The first kappa shape index (κ1) is 4.18. The molecule has 0 saturated heterocycles. The zero-order valence-corrected chi connectivity index (χ0v) is 3.46. The summed E-state index contributed by atoms with van der Waals surface area (Å²) in [6.07, 6.45) is 2.46. The summed E-state index contributed by atoms with van der Waals surface area (Å²) in [5.41, 5.74) is 0. The molecule has 1 rings (SSSR count). The van der Waals surface area contributed by atoms with E-state index in [-0.39, 0.29) is 0 Å². The SMILES string of the molecule is O=C1[CH]OC=CO1. The summed E-state index contributed by atoms with van der Waals surface area (Å²) in [6.45, 7) is 0.986. The van der Waals surface area contributed by atoms with Gasteiger partial charge in [-0.05, 0) is 0 Å². The minimum Gasteiger partial charge on any atom is -0.478 e. The molecule has 0 fully saturated rings. The Hall–Kier alpha value is -0.990. The van der Waals surface area contributed by atoms with Gasteiger partial charge in [-0.1, -0.05) is 0 Å². The van der Waals surface area contributed by atoms with Gasteiger partial charge in [0.25, 0.3) is 0 Å². The Morgan fingerprint density at radius 3 is 2.57 bits per heavy atom. The summed E-state index contributed by atoms with van der Waals surface area (Å²) >= 11 is 0. The Morgan fingerprint density at radius 2 is 2.29 bits per heavy atom. The van der Waals surface area contributed by atoms with Gasteiger partial charge in [0, 0.05) is 0 Å². The van der Waals surface area contributed by atoms with Crippen molar-refractivity contribution in [1.29, 1.82) is 0 Å². The molecular formula is C4H3O3. The number of cyclic esters (lactones) is 1. The second-order valence-electron chi connectivity index (χ2n) is 0.963. The fraction of sp³-hybridized carbons (Fsp3) is 0. The Kier molecular flexibility index (Phi) is 0.978. The molecule has 0 aromatic carbocycles. The van der Waals surface area contributed by atoms with Gasteiger partial charge < -0.3 is 9.47 Å². The van der Waals surface area contributed by atoms with E-state index in [4.69, 9.17) is 0 Å². The van der Waals surface area contributed by atoms with Crippen molar-refractivity contribution in [1.82, 2.24) is 0 Å². The van der Waals surface area contributed by atoms with E-state index in [1.54, 1.807) is 0 Å². The molecule has 1 radical (unpaired) electrons. The van der Waals surface area contributed by atoms with Crippen molar-refractivity contribution in [3.63, 3.8) is 0 Å². The molecule has 3 nitrogen and oxygen atoms in total. The third-order valence-corrected chi connectivity index (χ3v) is 0.483. The third-order valence-electron chi connectivity index (χ3n) is 0.483. The maximum atomic E-state index is 10.0.